The molecule has 0 aromatic heterocycles. The lowest BCUT2D eigenvalue weighted by Crippen LogP contribution is -2.72. The van der Waals surface area contributed by atoms with E-state index in [1.807, 2.05) is 6.08 Å². The van der Waals surface area contributed by atoms with Crippen LogP contribution >= 0.6 is 0 Å². The summed E-state index contributed by atoms with van der Waals surface area (Å²) in [4.78, 5) is 0. The van der Waals surface area contributed by atoms with Crippen LogP contribution in [0.25, 0.3) is 0 Å². The van der Waals surface area contributed by atoms with Gasteiger partial charge in [-0.1, -0.05) is 86.7 Å². The molecule has 0 amide bonds. The second kappa shape index (κ2) is 8.13. The number of aliphatic hydroxyl groups excluding tert-OH is 1. The molecule has 3 heteroatoms. The largest absolute Gasteiger partial charge is 0.389 e. The first-order valence-corrected chi connectivity index (χ1v) is 11.5. The van der Waals surface area contributed by atoms with Gasteiger partial charge in [0, 0.05) is 0 Å². The first kappa shape index (κ1) is 18.1. The highest BCUT2D eigenvalue weighted by atomic mass is 28.3. The van der Waals surface area contributed by atoms with Crippen molar-refractivity contribution in [3.63, 3.8) is 0 Å². The molecular formula is C22H29NOSi. The Morgan fingerprint density at radius 3 is 1.76 bits per heavy atom. The second-order valence-electron chi connectivity index (χ2n) is 6.81. The lowest BCUT2D eigenvalue weighted by molar-refractivity contribution is 0.203. The molecule has 1 aliphatic carbocycles. The summed E-state index contributed by atoms with van der Waals surface area (Å²) in [5.74, 6) is 0. The van der Waals surface area contributed by atoms with Crippen LogP contribution in [0.1, 0.15) is 26.7 Å². The van der Waals surface area contributed by atoms with Crippen molar-refractivity contribution in [2.45, 2.75) is 38.3 Å². The minimum Gasteiger partial charge on any atom is -0.389 e. The van der Waals surface area contributed by atoms with Gasteiger partial charge in [-0.2, -0.15) is 0 Å². The fourth-order valence-corrected chi connectivity index (χ4v) is 10.2. The van der Waals surface area contributed by atoms with Gasteiger partial charge in [0.15, 0.2) is 8.24 Å². The molecule has 25 heavy (non-hydrogen) atoms. The first-order chi connectivity index (χ1) is 12.2. The maximum atomic E-state index is 10.0. The predicted octanol–water partition coefficient (Wildman–Crippen LogP) is 3.17. The standard InChI is InChI=1S/C22H29NOSi/c1-3-23(4-2)25(20-11-7-5-8-12-20,21-13-9-6-10-14-21)22-17-15-19(24)16-18-22/h5-15,17,19,22,24H,3-4,16,18H2,1-2H3/t19-,22-/m1/s1. The van der Waals surface area contributed by atoms with Crippen molar-refractivity contribution in [3.05, 3.63) is 72.8 Å². The summed E-state index contributed by atoms with van der Waals surface area (Å²) in [7, 11) is -2.17. The molecule has 0 spiro atoms. The van der Waals surface area contributed by atoms with Gasteiger partial charge in [0.05, 0.1) is 6.10 Å². The van der Waals surface area contributed by atoms with Crippen molar-refractivity contribution < 1.29 is 5.11 Å². The number of allylic oxidation sites excluding steroid dienone is 1. The van der Waals surface area contributed by atoms with E-state index < -0.39 is 8.24 Å². The third-order valence-electron chi connectivity index (χ3n) is 5.57. The van der Waals surface area contributed by atoms with Crippen molar-refractivity contribution in [2.24, 2.45) is 0 Å². The minimum absolute atomic E-state index is 0.286. The molecule has 1 aliphatic rings. The highest BCUT2D eigenvalue weighted by Crippen LogP contribution is 2.34. The molecule has 0 unspecified atom stereocenters. The van der Waals surface area contributed by atoms with Gasteiger partial charge in [0.25, 0.3) is 0 Å². The topological polar surface area (TPSA) is 23.5 Å². The van der Waals surface area contributed by atoms with Gasteiger partial charge in [-0.05, 0) is 41.8 Å². The fourth-order valence-electron chi connectivity index (χ4n) is 4.45. The molecule has 0 fully saturated rings. The van der Waals surface area contributed by atoms with Gasteiger partial charge >= 0.3 is 0 Å². The lowest BCUT2D eigenvalue weighted by Gasteiger charge is -2.47. The third-order valence-corrected chi connectivity index (χ3v) is 11.2. The Bertz CT molecular complexity index is 642. The van der Waals surface area contributed by atoms with E-state index in [2.05, 4.69) is 85.2 Å². The molecule has 2 aromatic carbocycles. The van der Waals surface area contributed by atoms with E-state index in [1.54, 1.807) is 0 Å². The van der Waals surface area contributed by atoms with Crippen LogP contribution in [0.3, 0.4) is 0 Å². The fraction of sp³-hybridized carbons (Fsp3) is 0.364. The van der Waals surface area contributed by atoms with Gasteiger partial charge in [-0.3, -0.25) is 0 Å². The van der Waals surface area contributed by atoms with Gasteiger partial charge in [-0.25, -0.2) is 0 Å². The first-order valence-electron chi connectivity index (χ1n) is 9.46. The minimum atomic E-state index is -2.17. The Kier molecular flexibility index (Phi) is 5.89. The quantitative estimate of drug-likeness (QED) is 0.638. The van der Waals surface area contributed by atoms with Crippen LogP contribution in [0.2, 0.25) is 5.54 Å². The smallest absolute Gasteiger partial charge is 0.199 e. The molecule has 0 heterocycles. The average Bonchev–Trinajstić information content (AvgIpc) is 2.68. The summed E-state index contributed by atoms with van der Waals surface area (Å²) in [6, 6.07) is 22.2. The Hall–Kier alpha value is -1.68. The SMILES string of the molecule is CCN(CC)[Si](c1ccccc1)(c1ccccc1)[C@@H]1C=C[C@@H](O)CC1. The van der Waals surface area contributed by atoms with Gasteiger partial charge in [0.2, 0.25) is 0 Å². The van der Waals surface area contributed by atoms with Gasteiger partial charge in [-0.15, -0.1) is 0 Å². The number of nitrogens with zero attached hydrogens (tertiary/aromatic N) is 1. The molecule has 0 bridgehead atoms. The number of aliphatic hydroxyl groups is 1. The molecule has 2 aromatic rings. The van der Waals surface area contributed by atoms with Crippen LogP contribution in [-0.2, 0) is 0 Å². The third kappa shape index (κ3) is 3.37. The predicted molar refractivity (Wildman–Crippen MR) is 109 cm³/mol. The summed E-state index contributed by atoms with van der Waals surface area (Å²) in [5.41, 5.74) is 0.473. The summed E-state index contributed by atoms with van der Waals surface area (Å²) in [6.07, 6.45) is 5.94. The molecule has 0 saturated carbocycles. The summed E-state index contributed by atoms with van der Waals surface area (Å²) >= 11 is 0. The van der Waals surface area contributed by atoms with E-state index >= 15 is 0 Å². The summed E-state index contributed by atoms with van der Waals surface area (Å²) in [6.45, 7) is 6.63. The van der Waals surface area contributed by atoms with Gasteiger partial charge < -0.3 is 9.67 Å². The molecule has 3 rings (SSSR count). The van der Waals surface area contributed by atoms with Crippen molar-refractivity contribution in [1.82, 2.24) is 4.57 Å². The zero-order chi connectivity index (χ0) is 17.7. The average molecular weight is 352 g/mol. The highest BCUT2D eigenvalue weighted by molar-refractivity contribution is 7.01. The van der Waals surface area contributed by atoms with E-state index in [9.17, 15) is 5.11 Å². The maximum Gasteiger partial charge on any atom is 0.199 e. The van der Waals surface area contributed by atoms with E-state index in [0.29, 0.717) is 5.54 Å². The van der Waals surface area contributed by atoms with Crippen LogP contribution in [0.5, 0.6) is 0 Å². The molecule has 1 N–H and O–H groups in total. The molecular weight excluding hydrogens is 322 g/mol. The Morgan fingerprint density at radius 1 is 0.840 bits per heavy atom. The zero-order valence-corrected chi connectivity index (χ0v) is 16.3. The van der Waals surface area contributed by atoms with Crippen LogP contribution in [0.15, 0.2) is 72.8 Å². The maximum absolute atomic E-state index is 10.0. The molecule has 0 radical (unpaired) electrons. The number of benzene rings is 2. The van der Waals surface area contributed by atoms with Crippen LogP contribution < -0.4 is 10.4 Å². The summed E-state index contributed by atoms with van der Waals surface area (Å²) < 4.78 is 2.71. The van der Waals surface area contributed by atoms with E-state index in [1.165, 1.54) is 10.4 Å². The monoisotopic (exact) mass is 351 g/mol. The normalized spacial score (nSPS) is 20.8. The molecule has 0 saturated heterocycles. The Labute approximate surface area is 152 Å². The number of hydrogen-bond acceptors (Lipinski definition) is 2. The molecule has 132 valence electrons. The van der Waals surface area contributed by atoms with E-state index in [4.69, 9.17) is 0 Å². The van der Waals surface area contributed by atoms with E-state index in [-0.39, 0.29) is 6.10 Å². The Balaban J connectivity index is 2.26. The Morgan fingerprint density at radius 2 is 1.36 bits per heavy atom. The van der Waals surface area contributed by atoms with Gasteiger partial charge in [0.1, 0.15) is 0 Å². The van der Waals surface area contributed by atoms with Crippen molar-refractivity contribution in [2.75, 3.05) is 13.1 Å². The van der Waals surface area contributed by atoms with Crippen LogP contribution in [-0.4, -0.2) is 37.1 Å². The molecule has 0 aliphatic heterocycles. The van der Waals surface area contributed by atoms with Crippen molar-refractivity contribution >= 4 is 18.6 Å². The number of hydrogen-bond donors (Lipinski definition) is 1. The van der Waals surface area contributed by atoms with Crippen molar-refractivity contribution in [3.8, 4) is 0 Å². The number of rotatable bonds is 6. The lowest BCUT2D eigenvalue weighted by atomic mass is 10.1. The zero-order valence-electron chi connectivity index (χ0n) is 15.3. The second-order valence-corrected chi connectivity index (χ2v) is 10.9. The molecule has 2 nitrogen and oxygen atoms in total. The van der Waals surface area contributed by atoms with Crippen LogP contribution in [0, 0.1) is 0 Å². The highest BCUT2D eigenvalue weighted by Gasteiger charge is 2.48. The summed E-state index contributed by atoms with van der Waals surface area (Å²) in [5, 5.41) is 12.9. The molecule has 2 atom stereocenters. The van der Waals surface area contributed by atoms with Crippen molar-refractivity contribution in [1.29, 1.82) is 0 Å². The van der Waals surface area contributed by atoms with Crippen LogP contribution in [0.4, 0.5) is 0 Å². The van der Waals surface area contributed by atoms with E-state index in [0.717, 1.165) is 25.9 Å².